The lowest BCUT2D eigenvalue weighted by atomic mass is 9.98. The molecule has 2 saturated heterocycles. The number of anilines is 1. The second-order valence-electron chi connectivity index (χ2n) is 16.6. The number of carbonyl (C=O) groups is 1. The van der Waals surface area contributed by atoms with Crippen LogP contribution in [0.3, 0.4) is 0 Å². The molecule has 8 rings (SSSR count). The van der Waals surface area contributed by atoms with Crippen LogP contribution in [0.2, 0.25) is 0 Å². The average molecular weight is 810 g/mol. The molecule has 0 bridgehead atoms. The number of nitrogens with zero attached hydrogens (tertiary/aromatic N) is 3. The number of hydrogen-bond acceptors (Lipinski definition) is 9. The molecule has 2 aromatic rings. The van der Waals surface area contributed by atoms with E-state index in [2.05, 4.69) is 41.1 Å². The van der Waals surface area contributed by atoms with Crippen molar-refractivity contribution in [3.05, 3.63) is 56.6 Å². The summed E-state index contributed by atoms with van der Waals surface area (Å²) in [5, 5.41) is 16.2. The van der Waals surface area contributed by atoms with E-state index in [1.807, 2.05) is 6.26 Å². The van der Waals surface area contributed by atoms with Gasteiger partial charge >= 0.3 is 0 Å². The van der Waals surface area contributed by atoms with Crippen molar-refractivity contribution in [2.24, 2.45) is 5.14 Å². The number of hydrogen-bond donors (Lipinski definition) is 2. The summed E-state index contributed by atoms with van der Waals surface area (Å²) in [5.74, 6) is 0.162. The van der Waals surface area contributed by atoms with E-state index >= 15 is 0 Å². The molecule has 2 fully saturated rings. The van der Waals surface area contributed by atoms with Crippen LogP contribution in [0.1, 0.15) is 123 Å². The molecule has 0 saturated carbocycles. The fourth-order valence-corrected chi connectivity index (χ4v) is 12.4. The second kappa shape index (κ2) is 19.2. The van der Waals surface area contributed by atoms with Gasteiger partial charge in [-0.25, -0.2) is 22.0 Å². The zero-order valence-corrected chi connectivity index (χ0v) is 35.3. The molecule has 0 aromatic heterocycles. The third-order valence-electron chi connectivity index (χ3n) is 12.8. The number of ether oxygens (including phenoxy) is 1. The summed E-state index contributed by atoms with van der Waals surface area (Å²) in [6.07, 6.45) is 20.0. The smallest absolute Gasteiger partial charge is 0.292 e. The normalized spacial score (nSPS) is 19.8. The minimum absolute atomic E-state index is 0.305. The van der Waals surface area contributed by atoms with Gasteiger partial charge in [-0.15, -0.1) is 5.26 Å². The highest BCUT2D eigenvalue weighted by molar-refractivity contribution is 7.92. The third kappa shape index (κ3) is 10.3. The molecule has 6 aliphatic rings. The zero-order chi connectivity index (χ0) is 39.9. The SMILES string of the molecule is CCCN1CCC(S(=O)(=O)CC(=O)Nc2c3c(cc4c2CCC4)CCC3)CC1.CCCN1CCC(S(N)(=O)=O)CC1.N#COc1c2c(cc3c1CCC3)CCC2. The van der Waals surface area contributed by atoms with Crippen molar-refractivity contribution in [3.8, 4) is 12.0 Å². The van der Waals surface area contributed by atoms with Gasteiger partial charge in [-0.2, -0.15) is 0 Å². The highest BCUT2D eigenvalue weighted by atomic mass is 32.2. The molecule has 308 valence electrons. The average Bonchev–Trinajstić information content (AvgIpc) is 4.00. The summed E-state index contributed by atoms with van der Waals surface area (Å²) in [6.45, 7) is 9.74. The van der Waals surface area contributed by atoms with Crippen LogP contribution in [-0.2, 0) is 76.0 Å². The van der Waals surface area contributed by atoms with Gasteiger partial charge in [0.05, 0.1) is 10.5 Å². The molecule has 11 nitrogen and oxygen atoms in total. The van der Waals surface area contributed by atoms with E-state index in [1.54, 1.807) is 0 Å². The van der Waals surface area contributed by atoms with Gasteiger partial charge in [0.25, 0.3) is 6.26 Å². The first kappa shape index (κ1) is 42.6. The van der Waals surface area contributed by atoms with E-state index in [-0.39, 0.29) is 22.2 Å². The molecule has 0 atom stereocenters. The molecule has 0 spiro atoms. The largest absolute Gasteiger partial charge is 0.387 e. The molecular weight excluding hydrogens is 747 g/mol. The number of amides is 1. The quantitative estimate of drug-likeness (QED) is 0.293. The molecule has 3 N–H and O–H groups in total. The number of carbonyl (C=O) groups excluding carboxylic acids is 1. The van der Waals surface area contributed by atoms with Gasteiger partial charge in [0.2, 0.25) is 15.9 Å². The van der Waals surface area contributed by atoms with Gasteiger partial charge in [-0.05, 0) is 199 Å². The van der Waals surface area contributed by atoms with Crippen molar-refractivity contribution in [3.63, 3.8) is 0 Å². The maximum Gasteiger partial charge on any atom is 0.292 e. The molecule has 1 amide bonds. The maximum atomic E-state index is 12.8. The second-order valence-corrected chi connectivity index (χ2v) is 20.8. The maximum absolute atomic E-state index is 12.8. The summed E-state index contributed by atoms with van der Waals surface area (Å²) >= 11 is 0. The topological polar surface area (TPSA) is 163 Å². The number of sulfonamides is 1. The van der Waals surface area contributed by atoms with E-state index in [0.717, 1.165) is 128 Å². The predicted molar refractivity (Wildman–Crippen MR) is 222 cm³/mol. The third-order valence-corrected chi connectivity index (χ3v) is 16.3. The Balaban J connectivity index is 0.000000159. The van der Waals surface area contributed by atoms with Crippen molar-refractivity contribution < 1.29 is 26.4 Å². The molecule has 2 aliphatic heterocycles. The number of likely N-dealkylation sites (tertiary alicyclic amines) is 2. The molecule has 4 aliphatic carbocycles. The number of primary sulfonamides is 1. The van der Waals surface area contributed by atoms with E-state index in [4.69, 9.17) is 15.1 Å². The minimum Gasteiger partial charge on any atom is -0.387 e. The van der Waals surface area contributed by atoms with Crippen LogP contribution in [0.4, 0.5) is 5.69 Å². The van der Waals surface area contributed by atoms with Crippen molar-refractivity contribution in [1.29, 1.82) is 5.26 Å². The Morgan fingerprint density at radius 1 is 0.714 bits per heavy atom. The van der Waals surface area contributed by atoms with Gasteiger partial charge in [-0.3, -0.25) is 4.79 Å². The Hall–Kier alpha value is -3.02. The summed E-state index contributed by atoms with van der Waals surface area (Å²) in [6, 6.07) is 4.66. The van der Waals surface area contributed by atoms with Gasteiger partial charge < -0.3 is 19.9 Å². The predicted octanol–water partition coefficient (Wildman–Crippen LogP) is 5.56. The van der Waals surface area contributed by atoms with Crippen molar-refractivity contribution in [1.82, 2.24) is 9.80 Å². The lowest BCUT2D eigenvalue weighted by molar-refractivity contribution is -0.113. The highest BCUT2D eigenvalue weighted by Crippen LogP contribution is 2.41. The first-order valence-electron chi connectivity index (χ1n) is 21.3. The van der Waals surface area contributed by atoms with E-state index < -0.39 is 19.9 Å². The van der Waals surface area contributed by atoms with Crippen LogP contribution in [0.15, 0.2) is 12.1 Å². The molecule has 13 heteroatoms. The first-order valence-corrected chi connectivity index (χ1v) is 24.6. The Morgan fingerprint density at radius 3 is 1.54 bits per heavy atom. The summed E-state index contributed by atoms with van der Waals surface area (Å²) in [4.78, 5) is 17.4. The fourth-order valence-electron chi connectivity index (χ4n) is 9.96. The van der Waals surface area contributed by atoms with Crippen LogP contribution in [0, 0.1) is 11.5 Å². The molecular formula is C43H63N5O6S2. The van der Waals surface area contributed by atoms with Gasteiger partial charge in [0, 0.05) is 5.69 Å². The Bertz CT molecular complexity index is 1910. The molecule has 56 heavy (non-hydrogen) atoms. The number of benzene rings is 2. The lowest BCUT2D eigenvalue weighted by Crippen LogP contribution is -2.41. The van der Waals surface area contributed by atoms with E-state index in [0.29, 0.717) is 25.7 Å². The van der Waals surface area contributed by atoms with Crippen molar-refractivity contribution in [2.45, 2.75) is 140 Å². The van der Waals surface area contributed by atoms with Crippen molar-refractivity contribution >= 4 is 31.5 Å². The summed E-state index contributed by atoms with van der Waals surface area (Å²) in [7, 11) is -6.70. The summed E-state index contributed by atoms with van der Waals surface area (Å²) in [5.41, 5.74) is 11.6. The van der Waals surface area contributed by atoms with Gasteiger partial charge in [0.15, 0.2) is 9.84 Å². The van der Waals surface area contributed by atoms with E-state index in [9.17, 15) is 21.6 Å². The van der Waals surface area contributed by atoms with Gasteiger partial charge in [0.1, 0.15) is 11.5 Å². The first-order chi connectivity index (χ1) is 26.9. The number of rotatable bonds is 10. The number of fused-ring (bicyclic) bond motifs is 4. The summed E-state index contributed by atoms with van der Waals surface area (Å²) < 4.78 is 52.9. The number of nitrogens with one attached hydrogen (secondary N) is 1. The number of sulfone groups is 1. The molecule has 0 unspecified atom stereocenters. The molecule has 0 radical (unpaired) electrons. The molecule has 2 aromatic carbocycles. The Morgan fingerprint density at radius 2 is 1.12 bits per heavy atom. The Labute approximate surface area is 335 Å². The van der Waals surface area contributed by atoms with Crippen LogP contribution in [0.5, 0.6) is 5.75 Å². The molecule has 2 heterocycles. The number of nitrogens with two attached hydrogens (primary N) is 1. The lowest BCUT2D eigenvalue weighted by Gasteiger charge is -2.31. The van der Waals surface area contributed by atoms with E-state index in [1.165, 1.54) is 57.3 Å². The van der Waals surface area contributed by atoms with Crippen LogP contribution in [0.25, 0.3) is 0 Å². The van der Waals surface area contributed by atoms with Crippen LogP contribution in [-0.4, -0.2) is 88.1 Å². The van der Waals surface area contributed by atoms with Crippen LogP contribution < -0.4 is 15.2 Å². The number of nitriles is 1. The zero-order valence-electron chi connectivity index (χ0n) is 33.7. The minimum atomic E-state index is -3.41. The van der Waals surface area contributed by atoms with Crippen molar-refractivity contribution in [2.75, 3.05) is 50.3 Å². The number of aryl methyl sites for hydroxylation is 4. The highest BCUT2D eigenvalue weighted by Gasteiger charge is 2.33. The fraction of sp³-hybridized carbons (Fsp3) is 0.674. The Kier molecular flexibility index (Phi) is 14.6. The number of piperidine rings is 2. The van der Waals surface area contributed by atoms with Gasteiger partial charge in [-0.1, -0.05) is 26.0 Å². The van der Waals surface area contributed by atoms with Crippen LogP contribution >= 0.6 is 0 Å². The standard InChI is InChI=1S/C22H32N2O3S.C13H13NO.C8H18N2O2S/c1-2-11-24-12-9-18(10-13-24)28(26,27)15-21(25)23-22-19-7-3-5-16(19)14-17-6-4-8-20(17)22;14-8-15-13-11-5-1-3-9(11)7-10-4-2-6-12(10)13;1-2-5-10-6-3-8(4-7-10)13(9,11)12/h14,18H,2-13,15H2,1H3,(H,23,25);7H,1-6H2;8H,2-7H2,1H3,(H2,9,11,12). The monoisotopic (exact) mass is 809 g/mol.